The molecule has 0 fully saturated rings. The van der Waals surface area contributed by atoms with Crippen molar-refractivity contribution in [1.29, 1.82) is 0 Å². The van der Waals surface area contributed by atoms with Crippen LogP contribution in [0, 0.1) is 0 Å². The molecule has 0 saturated heterocycles. The summed E-state index contributed by atoms with van der Waals surface area (Å²) in [7, 11) is 0. The second-order valence-electron chi connectivity index (χ2n) is 19.2. The van der Waals surface area contributed by atoms with Crippen LogP contribution in [0.3, 0.4) is 0 Å². The Balaban J connectivity index is 4.39. The molecule has 0 bridgehead atoms. The summed E-state index contributed by atoms with van der Waals surface area (Å²) in [5.74, 6) is -1.19. The Kier molecular flexibility index (Phi) is 52.3. The maximum Gasteiger partial charge on any atom is 0.309 e. The van der Waals surface area contributed by atoms with E-state index in [9.17, 15) is 14.4 Å². The Hall–Kier alpha value is -2.37. The number of hydrogen-bond acceptors (Lipinski definition) is 6. The molecule has 0 aliphatic heterocycles. The van der Waals surface area contributed by atoms with Crippen LogP contribution in [0.5, 0.6) is 0 Å². The van der Waals surface area contributed by atoms with E-state index in [4.69, 9.17) is 14.2 Å². The molecule has 0 unspecified atom stereocenters. The minimum absolute atomic E-state index is 0.117. The van der Waals surface area contributed by atoms with E-state index in [0.29, 0.717) is 19.6 Å². The van der Waals surface area contributed by atoms with Crippen molar-refractivity contribution in [2.24, 2.45) is 0 Å². The highest BCUT2D eigenvalue weighted by Gasteiger charge is 2.23. The van der Waals surface area contributed by atoms with Crippen molar-refractivity contribution in [2.75, 3.05) is 13.2 Å². The average molecular weight is 914 g/mol. The number of allylic oxidation sites excluding steroid dienone is 6. The maximum absolute atomic E-state index is 12.9. The van der Waals surface area contributed by atoms with E-state index in [1.807, 2.05) is 0 Å². The monoisotopic (exact) mass is 913 g/mol. The van der Waals surface area contributed by atoms with Gasteiger partial charge >= 0.3 is 17.9 Å². The van der Waals surface area contributed by atoms with Crippen LogP contribution in [0.15, 0.2) is 36.5 Å². The van der Waals surface area contributed by atoms with Gasteiger partial charge in [0.2, 0.25) is 0 Å². The summed E-state index contributed by atoms with van der Waals surface area (Å²) < 4.78 is 16.8. The van der Waals surface area contributed by atoms with Gasteiger partial charge in [-0.15, -0.1) is 0 Å². The van der Waals surface area contributed by atoms with E-state index in [0.717, 1.165) is 70.6 Å². The highest BCUT2D eigenvalue weighted by Crippen LogP contribution is 2.16. The third-order valence-corrected chi connectivity index (χ3v) is 12.6. The fourth-order valence-corrected chi connectivity index (χ4v) is 8.30. The van der Waals surface area contributed by atoms with Crippen molar-refractivity contribution in [3.63, 3.8) is 0 Å². The van der Waals surface area contributed by atoms with Crippen molar-refractivity contribution in [2.45, 2.75) is 309 Å². The van der Waals surface area contributed by atoms with Gasteiger partial charge in [0.05, 0.1) is 26.1 Å². The summed E-state index contributed by atoms with van der Waals surface area (Å²) in [6.07, 6.45) is 63.2. The summed E-state index contributed by atoms with van der Waals surface area (Å²) in [6, 6.07) is 0. The van der Waals surface area contributed by atoms with E-state index in [2.05, 4.69) is 57.2 Å². The van der Waals surface area contributed by atoms with Crippen molar-refractivity contribution in [3.05, 3.63) is 36.5 Å². The smallest absolute Gasteiger partial charge is 0.309 e. The molecule has 0 aromatic carbocycles. The Morgan fingerprint density at radius 2 is 0.554 bits per heavy atom. The van der Waals surface area contributed by atoms with Crippen LogP contribution in [-0.4, -0.2) is 37.2 Å². The van der Waals surface area contributed by atoms with E-state index < -0.39 is 18.0 Å². The minimum Gasteiger partial charge on any atom is -0.466 e. The molecule has 0 amide bonds. The topological polar surface area (TPSA) is 78.9 Å². The summed E-state index contributed by atoms with van der Waals surface area (Å²) in [5, 5.41) is 0. The Morgan fingerprint density at radius 3 is 0.846 bits per heavy atom. The molecular formula is C59H108O6. The molecule has 0 radical (unpaired) electrons. The summed E-state index contributed by atoms with van der Waals surface area (Å²) in [5.41, 5.74) is 0. The van der Waals surface area contributed by atoms with Gasteiger partial charge in [-0.3, -0.25) is 14.4 Å². The number of carbonyl (C=O) groups is 3. The molecule has 0 atom stereocenters. The standard InChI is InChI=1S/C59H108O6/c1-4-7-10-13-16-19-22-25-28-31-34-37-40-43-46-49-52-63-58(61)54-56(65-57(60)51-48-45-42-39-36-33-30-27-24-21-18-15-12-9-6-3)55-59(62)64-53-50-47-44-41-38-35-32-29-26-23-20-17-14-11-8-5-2/h25-30,56H,4-24,31-55H2,1-3H3/b28-25-,29-26-,30-27-. The fourth-order valence-electron chi connectivity index (χ4n) is 8.30. The molecule has 6 nitrogen and oxygen atoms in total. The predicted molar refractivity (Wildman–Crippen MR) is 279 cm³/mol. The van der Waals surface area contributed by atoms with Gasteiger partial charge in [-0.1, -0.05) is 224 Å². The number of carbonyl (C=O) groups excluding carboxylic acids is 3. The van der Waals surface area contributed by atoms with Gasteiger partial charge in [0.1, 0.15) is 6.10 Å². The van der Waals surface area contributed by atoms with E-state index in [1.165, 1.54) is 193 Å². The highest BCUT2D eigenvalue weighted by atomic mass is 16.6. The molecule has 0 aliphatic rings. The first-order chi connectivity index (χ1) is 32.0. The Labute approximate surface area is 404 Å². The fraction of sp³-hybridized carbons (Fsp3) is 0.847. The van der Waals surface area contributed by atoms with Crippen molar-refractivity contribution in [1.82, 2.24) is 0 Å². The van der Waals surface area contributed by atoms with Crippen LogP contribution in [0.4, 0.5) is 0 Å². The first-order valence-corrected chi connectivity index (χ1v) is 28.5. The normalized spacial score (nSPS) is 11.8. The zero-order chi connectivity index (χ0) is 47.2. The van der Waals surface area contributed by atoms with Crippen LogP contribution in [0.1, 0.15) is 303 Å². The summed E-state index contributed by atoms with van der Waals surface area (Å²) >= 11 is 0. The number of rotatable bonds is 52. The van der Waals surface area contributed by atoms with E-state index >= 15 is 0 Å². The van der Waals surface area contributed by atoms with Crippen LogP contribution in [0.2, 0.25) is 0 Å². The molecule has 0 spiro atoms. The van der Waals surface area contributed by atoms with Crippen LogP contribution in [-0.2, 0) is 28.6 Å². The molecule has 0 N–H and O–H groups in total. The third kappa shape index (κ3) is 52.5. The minimum atomic E-state index is -0.856. The Bertz CT molecular complexity index is 1040. The first kappa shape index (κ1) is 62.6. The van der Waals surface area contributed by atoms with Crippen molar-refractivity contribution in [3.8, 4) is 0 Å². The summed E-state index contributed by atoms with van der Waals surface area (Å²) in [6.45, 7) is 7.51. The predicted octanol–water partition coefficient (Wildman–Crippen LogP) is 18.9. The van der Waals surface area contributed by atoms with Gasteiger partial charge in [-0.25, -0.2) is 0 Å². The van der Waals surface area contributed by atoms with Crippen LogP contribution in [0.25, 0.3) is 0 Å². The molecule has 0 heterocycles. The number of ether oxygens (including phenoxy) is 3. The van der Waals surface area contributed by atoms with Gasteiger partial charge in [0, 0.05) is 6.42 Å². The second-order valence-corrected chi connectivity index (χ2v) is 19.2. The van der Waals surface area contributed by atoms with Gasteiger partial charge in [0.25, 0.3) is 0 Å². The van der Waals surface area contributed by atoms with E-state index in [-0.39, 0.29) is 18.8 Å². The van der Waals surface area contributed by atoms with Crippen LogP contribution >= 0.6 is 0 Å². The third-order valence-electron chi connectivity index (χ3n) is 12.6. The van der Waals surface area contributed by atoms with E-state index in [1.54, 1.807) is 0 Å². The molecule has 380 valence electrons. The van der Waals surface area contributed by atoms with Gasteiger partial charge < -0.3 is 14.2 Å². The molecule has 0 aliphatic carbocycles. The zero-order valence-electron chi connectivity index (χ0n) is 43.5. The molecule has 0 aromatic heterocycles. The second kappa shape index (κ2) is 54.2. The largest absolute Gasteiger partial charge is 0.466 e. The summed E-state index contributed by atoms with van der Waals surface area (Å²) in [4.78, 5) is 38.5. The Morgan fingerprint density at radius 1 is 0.308 bits per heavy atom. The lowest BCUT2D eigenvalue weighted by Crippen LogP contribution is -2.26. The van der Waals surface area contributed by atoms with Gasteiger partial charge in [-0.05, 0) is 96.3 Å². The lowest BCUT2D eigenvalue weighted by atomic mass is 10.1. The zero-order valence-corrected chi connectivity index (χ0v) is 43.5. The highest BCUT2D eigenvalue weighted by molar-refractivity contribution is 5.76. The number of unbranched alkanes of at least 4 members (excludes halogenated alkanes) is 35. The molecular weight excluding hydrogens is 805 g/mol. The molecule has 6 heteroatoms. The number of hydrogen-bond donors (Lipinski definition) is 0. The van der Waals surface area contributed by atoms with Crippen molar-refractivity contribution < 1.29 is 28.6 Å². The lowest BCUT2D eigenvalue weighted by Gasteiger charge is -2.17. The quantitative estimate of drug-likeness (QED) is 0.0262. The van der Waals surface area contributed by atoms with Gasteiger partial charge in [0.15, 0.2) is 0 Å². The lowest BCUT2D eigenvalue weighted by molar-refractivity contribution is -0.159. The molecule has 65 heavy (non-hydrogen) atoms. The SMILES string of the molecule is CCCCCCCC/C=C\CCCCCCCCOC(=O)CC(CC(=O)OCCCCCCCC/C=C\CCCCCCCC)OC(=O)CCCCCCC/C=C\CCCCCCCC. The molecule has 0 saturated carbocycles. The van der Waals surface area contributed by atoms with Crippen molar-refractivity contribution >= 4 is 17.9 Å². The van der Waals surface area contributed by atoms with Gasteiger partial charge in [-0.2, -0.15) is 0 Å². The molecule has 0 aromatic rings. The number of esters is 3. The molecule has 0 rings (SSSR count). The average Bonchev–Trinajstić information content (AvgIpc) is 3.29. The van der Waals surface area contributed by atoms with Crippen LogP contribution < -0.4 is 0 Å². The maximum atomic E-state index is 12.9. The first-order valence-electron chi connectivity index (χ1n) is 28.5.